The van der Waals surface area contributed by atoms with Crippen LogP contribution in [0, 0.1) is 0 Å². The minimum atomic E-state index is -0.823. The predicted octanol–water partition coefficient (Wildman–Crippen LogP) is -5.31. The van der Waals surface area contributed by atoms with Gasteiger partial charge in [-0.25, -0.2) is 0 Å². The number of carbonyl (C=O) groups excluding carboxylic acids is 9. The number of likely N-dealkylation sites (N-methyl/N-ethyl adjacent to an activating group) is 5. The fraction of sp³-hybridized carbons (Fsp3) is 0.625. The summed E-state index contributed by atoms with van der Waals surface area (Å²) in [5.74, 6) is -5.05. The summed E-state index contributed by atoms with van der Waals surface area (Å²) in [4.78, 5) is 118. The Bertz CT molecular complexity index is 1130. The topological polar surface area (TPSA) is 197 Å². The van der Waals surface area contributed by atoms with Gasteiger partial charge in [-0.3, -0.25) is 43.2 Å². The minimum absolute atomic E-state index is 0.231. The number of fused-ring (bicyclic) bond motifs is 1. The smallest absolute Gasteiger partial charge is 0.247 e. The molecule has 0 saturated carbocycles. The maximum Gasteiger partial charge on any atom is 0.247 e. The fourth-order valence-corrected chi connectivity index (χ4v) is 3.66. The van der Waals surface area contributed by atoms with Crippen molar-refractivity contribution in [2.45, 2.75) is 12.5 Å². The van der Waals surface area contributed by atoms with E-state index in [0.717, 1.165) is 24.5 Å². The summed E-state index contributed by atoms with van der Waals surface area (Å²) >= 11 is 0. The highest BCUT2D eigenvalue weighted by molar-refractivity contribution is 6.04. The van der Waals surface area contributed by atoms with Crippen LogP contribution >= 0.6 is 0 Å². The second kappa shape index (κ2) is 14.2. The number of hydrogen-bond acceptors (Lipinski definition) is 9. The lowest BCUT2D eigenvalue weighted by Crippen LogP contribution is -2.48. The maximum atomic E-state index is 12.5. The van der Waals surface area contributed by atoms with Crippen LogP contribution in [-0.4, -0.2) is 176 Å². The van der Waals surface area contributed by atoms with Crippen LogP contribution in [0.25, 0.3) is 0 Å². The molecule has 2 N–H and O–H groups in total. The van der Waals surface area contributed by atoms with Crippen LogP contribution in [0.2, 0.25) is 0 Å². The molecule has 1 unspecified atom stereocenters. The Morgan fingerprint density at radius 3 is 1.32 bits per heavy atom. The van der Waals surface area contributed by atoms with Crippen molar-refractivity contribution in [3.8, 4) is 0 Å². The molecule has 1 atom stereocenters. The van der Waals surface area contributed by atoms with Crippen LogP contribution in [0.15, 0.2) is 0 Å². The molecule has 0 aromatic carbocycles. The van der Waals surface area contributed by atoms with Crippen molar-refractivity contribution in [1.82, 2.24) is 40.0 Å². The molecule has 17 heteroatoms. The molecular weight excluding hydrogens is 544 g/mol. The van der Waals surface area contributed by atoms with E-state index in [9.17, 15) is 43.2 Å². The average Bonchev–Trinajstić information content (AvgIpc) is 3.50. The predicted molar refractivity (Wildman–Crippen MR) is 139 cm³/mol. The first-order valence-corrected chi connectivity index (χ1v) is 12.7. The van der Waals surface area contributed by atoms with Crippen molar-refractivity contribution in [1.29, 1.82) is 0 Å². The highest BCUT2D eigenvalue weighted by Crippen LogP contribution is 2.23. The Hall–Kier alpha value is -4.57. The normalized spacial score (nSPS) is 22.7. The molecule has 8 amide bonds. The van der Waals surface area contributed by atoms with E-state index in [-0.39, 0.29) is 39.1 Å². The Morgan fingerprint density at radius 2 is 0.854 bits per heavy atom. The van der Waals surface area contributed by atoms with E-state index in [0.29, 0.717) is 0 Å². The third-order valence-electron chi connectivity index (χ3n) is 6.53. The first kappa shape index (κ1) is 32.6. The van der Waals surface area contributed by atoms with Gasteiger partial charge in [-0.15, -0.1) is 0 Å². The lowest BCUT2D eigenvalue weighted by molar-refractivity contribution is -0.143. The zero-order valence-corrected chi connectivity index (χ0v) is 23.8. The quantitative estimate of drug-likeness (QED) is 0.263. The van der Waals surface area contributed by atoms with Gasteiger partial charge in [0.25, 0.3) is 0 Å². The van der Waals surface area contributed by atoms with Crippen LogP contribution in [0.5, 0.6) is 0 Å². The highest BCUT2D eigenvalue weighted by atomic mass is 16.2. The third kappa shape index (κ3) is 9.84. The SMILES string of the molecule is CN1CC(=O)NCC(=O)CC2C(=O)N2CC(=O)N(C)CC(=O)N(C)CC(=O)NCC(=O)N(C)CC(=O)N(C)CC1=O. The molecule has 2 aliphatic heterocycles. The molecule has 0 radical (unpaired) electrons. The highest BCUT2D eigenvalue weighted by Gasteiger charge is 2.47. The van der Waals surface area contributed by atoms with Gasteiger partial charge in [0.2, 0.25) is 47.3 Å². The summed E-state index contributed by atoms with van der Waals surface area (Å²) in [6.07, 6.45) is -0.231. The number of amides is 8. The molecule has 0 aromatic rings. The van der Waals surface area contributed by atoms with Gasteiger partial charge in [0.15, 0.2) is 5.78 Å². The molecular formula is C24H36N8O9. The first-order chi connectivity index (χ1) is 19.1. The number of carbonyl (C=O) groups is 9. The molecule has 226 valence electrons. The molecule has 0 aromatic heterocycles. The molecule has 0 spiro atoms. The van der Waals surface area contributed by atoms with Crippen LogP contribution in [0.1, 0.15) is 6.42 Å². The molecule has 17 nitrogen and oxygen atoms in total. The summed E-state index contributed by atoms with van der Waals surface area (Å²) in [5.41, 5.74) is 0. The van der Waals surface area contributed by atoms with Gasteiger partial charge in [-0.05, 0) is 0 Å². The molecule has 0 bridgehead atoms. The lowest BCUT2D eigenvalue weighted by Gasteiger charge is -2.24. The molecule has 41 heavy (non-hydrogen) atoms. The summed E-state index contributed by atoms with van der Waals surface area (Å²) < 4.78 is 0. The zero-order valence-electron chi connectivity index (χ0n) is 23.8. The van der Waals surface area contributed by atoms with Crippen LogP contribution in [-0.2, 0) is 43.2 Å². The van der Waals surface area contributed by atoms with Crippen LogP contribution < -0.4 is 10.6 Å². The van der Waals surface area contributed by atoms with E-state index in [4.69, 9.17) is 0 Å². The number of rotatable bonds is 0. The summed E-state index contributed by atoms with van der Waals surface area (Å²) in [6, 6.07) is -0.823. The summed E-state index contributed by atoms with van der Waals surface area (Å²) in [6.45, 7) is -3.13. The Balaban J connectivity index is 2.09. The van der Waals surface area contributed by atoms with E-state index in [1.807, 2.05) is 0 Å². The van der Waals surface area contributed by atoms with Crippen molar-refractivity contribution in [3.63, 3.8) is 0 Å². The minimum Gasteiger partial charge on any atom is -0.347 e. The zero-order chi connectivity index (χ0) is 31.0. The van der Waals surface area contributed by atoms with Crippen molar-refractivity contribution in [3.05, 3.63) is 0 Å². The van der Waals surface area contributed by atoms with Gasteiger partial charge in [-0.2, -0.15) is 0 Å². The van der Waals surface area contributed by atoms with Crippen LogP contribution in [0.4, 0.5) is 0 Å². The van der Waals surface area contributed by atoms with Crippen LogP contribution in [0.3, 0.4) is 0 Å². The maximum absolute atomic E-state index is 12.5. The van der Waals surface area contributed by atoms with Gasteiger partial charge in [-0.1, -0.05) is 0 Å². The first-order valence-electron chi connectivity index (χ1n) is 12.7. The largest absolute Gasteiger partial charge is 0.347 e. The average molecular weight is 581 g/mol. The second-order valence-corrected chi connectivity index (χ2v) is 10.0. The van der Waals surface area contributed by atoms with Gasteiger partial charge < -0.3 is 40.0 Å². The number of hydrogen-bond donors (Lipinski definition) is 2. The Labute approximate surface area is 236 Å². The molecule has 2 rings (SSSR count). The second-order valence-electron chi connectivity index (χ2n) is 10.0. The van der Waals surface area contributed by atoms with Gasteiger partial charge in [0.1, 0.15) is 12.6 Å². The van der Waals surface area contributed by atoms with E-state index in [1.165, 1.54) is 40.1 Å². The van der Waals surface area contributed by atoms with E-state index >= 15 is 0 Å². The van der Waals surface area contributed by atoms with Crippen molar-refractivity contribution >= 4 is 53.0 Å². The standard InChI is InChI=1S/C24H36N8O9/c1-27-9-17(34)25-7-15(33)6-16-24(41)32(16)14-23(40)31(5)13-21(38)28(2)10-18(35)26-8-19(36)29(3)11-22(39)30(4)12-20(27)37/h16H,6-14H2,1-5H3,(H,25,34)(H,26,35). The molecule has 2 aliphatic rings. The van der Waals surface area contributed by atoms with E-state index < -0.39 is 78.7 Å². The molecule has 2 heterocycles. The number of nitrogens with one attached hydrogen (secondary N) is 2. The molecule has 2 saturated heterocycles. The lowest BCUT2D eigenvalue weighted by atomic mass is 10.2. The Morgan fingerprint density at radius 1 is 0.488 bits per heavy atom. The van der Waals surface area contributed by atoms with Crippen molar-refractivity contribution in [2.24, 2.45) is 0 Å². The summed E-state index contributed by atoms with van der Waals surface area (Å²) in [7, 11) is 6.72. The van der Waals surface area contributed by atoms with Gasteiger partial charge in [0.05, 0.1) is 45.8 Å². The number of nitrogens with zero attached hydrogens (tertiary/aromatic N) is 6. The monoisotopic (exact) mass is 580 g/mol. The molecule has 0 aliphatic carbocycles. The van der Waals surface area contributed by atoms with Crippen molar-refractivity contribution in [2.75, 3.05) is 87.6 Å². The van der Waals surface area contributed by atoms with Gasteiger partial charge >= 0.3 is 0 Å². The third-order valence-corrected chi connectivity index (χ3v) is 6.53. The molecule has 2 fully saturated rings. The Kier molecular flexibility index (Phi) is 11.3. The number of ketones is 1. The van der Waals surface area contributed by atoms with E-state index in [1.54, 1.807) is 0 Å². The fourth-order valence-electron chi connectivity index (χ4n) is 3.66. The van der Waals surface area contributed by atoms with Gasteiger partial charge in [0, 0.05) is 41.7 Å². The number of Topliss-reactive ketones (excluding diaryl/α,β-unsaturated/α-hetero) is 1. The van der Waals surface area contributed by atoms with Crippen molar-refractivity contribution < 1.29 is 43.2 Å². The van der Waals surface area contributed by atoms with E-state index in [2.05, 4.69) is 10.6 Å². The summed E-state index contributed by atoms with van der Waals surface area (Å²) in [5, 5.41) is 4.73.